The standard InChI is InChI=1S/C20H28N4O/c1-16(21)18-10-6-11-19(14-18)23-20(25)22-12-7-13-24(2)15-17-8-4-3-5-9-17/h3-6,8-11,14,16H,7,12-13,15,21H2,1-2H3,(H2,22,23,25). The summed E-state index contributed by atoms with van der Waals surface area (Å²) in [6.45, 7) is 4.40. The summed E-state index contributed by atoms with van der Waals surface area (Å²) in [6.07, 6.45) is 0.899. The summed E-state index contributed by atoms with van der Waals surface area (Å²) in [5.41, 5.74) is 8.92. The Morgan fingerprint density at radius 2 is 1.92 bits per heavy atom. The summed E-state index contributed by atoms with van der Waals surface area (Å²) in [5.74, 6) is 0. The van der Waals surface area contributed by atoms with Crippen molar-refractivity contribution < 1.29 is 4.79 Å². The van der Waals surface area contributed by atoms with Crippen molar-refractivity contribution >= 4 is 11.7 Å². The Morgan fingerprint density at radius 3 is 2.64 bits per heavy atom. The van der Waals surface area contributed by atoms with E-state index < -0.39 is 0 Å². The molecule has 0 fully saturated rings. The van der Waals surface area contributed by atoms with Crippen LogP contribution in [0.5, 0.6) is 0 Å². The zero-order valence-corrected chi connectivity index (χ0v) is 15.0. The van der Waals surface area contributed by atoms with E-state index in [9.17, 15) is 4.79 Å². The van der Waals surface area contributed by atoms with Crippen LogP contribution < -0.4 is 16.4 Å². The lowest BCUT2D eigenvalue weighted by Crippen LogP contribution is -2.31. The molecule has 0 bridgehead atoms. The molecular weight excluding hydrogens is 312 g/mol. The fraction of sp³-hybridized carbons (Fsp3) is 0.350. The minimum atomic E-state index is -0.187. The van der Waals surface area contributed by atoms with E-state index in [0.717, 1.165) is 30.8 Å². The summed E-state index contributed by atoms with van der Waals surface area (Å²) in [6, 6.07) is 17.7. The molecule has 0 spiro atoms. The van der Waals surface area contributed by atoms with Gasteiger partial charge in [0.2, 0.25) is 0 Å². The predicted molar refractivity (Wildman–Crippen MR) is 103 cm³/mol. The van der Waals surface area contributed by atoms with Gasteiger partial charge in [0.25, 0.3) is 0 Å². The largest absolute Gasteiger partial charge is 0.338 e. The highest BCUT2D eigenvalue weighted by Gasteiger charge is 2.05. The number of amides is 2. The van der Waals surface area contributed by atoms with E-state index in [-0.39, 0.29) is 12.1 Å². The Labute approximate surface area is 150 Å². The zero-order valence-electron chi connectivity index (χ0n) is 15.0. The first kappa shape index (κ1) is 19.0. The van der Waals surface area contributed by atoms with E-state index in [4.69, 9.17) is 5.73 Å². The molecular formula is C20H28N4O. The summed E-state index contributed by atoms with van der Waals surface area (Å²) in [4.78, 5) is 14.2. The molecule has 0 aliphatic heterocycles. The molecule has 1 atom stereocenters. The second-order valence-electron chi connectivity index (χ2n) is 6.37. The van der Waals surface area contributed by atoms with Gasteiger partial charge in [0.1, 0.15) is 0 Å². The molecule has 2 rings (SSSR count). The van der Waals surface area contributed by atoms with Crippen molar-refractivity contribution in [1.29, 1.82) is 0 Å². The Kier molecular flexibility index (Phi) is 7.44. The Balaban J connectivity index is 1.66. The number of nitrogens with one attached hydrogen (secondary N) is 2. The SMILES string of the molecule is CC(N)c1cccc(NC(=O)NCCCN(C)Cc2ccccc2)c1. The smallest absolute Gasteiger partial charge is 0.319 e. The molecule has 0 aromatic heterocycles. The minimum absolute atomic E-state index is 0.0510. The number of benzene rings is 2. The average Bonchev–Trinajstić information content (AvgIpc) is 2.60. The van der Waals surface area contributed by atoms with Crippen LogP contribution in [0.4, 0.5) is 10.5 Å². The average molecular weight is 340 g/mol. The van der Waals surface area contributed by atoms with Gasteiger partial charge in [-0.05, 0) is 50.2 Å². The van der Waals surface area contributed by atoms with Crippen molar-refractivity contribution in [3.05, 3.63) is 65.7 Å². The number of carbonyl (C=O) groups excluding carboxylic acids is 1. The molecule has 0 heterocycles. The number of anilines is 1. The van der Waals surface area contributed by atoms with E-state index in [1.54, 1.807) is 0 Å². The van der Waals surface area contributed by atoms with Crippen LogP contribution >= 0.6 is 0 Å². The third kappa shape index (κ3) is 6.95. The molecule has 5 nitrogen and oxygen atoms in total. The highest BCUT2D eigenvalue weighted by Crippen LogP contribution is 2.15. The summed E-state index contributed by atoms with van der Waals surface area (Å²) in [7, 11) is 2.09. The maximum absolute atomic E-state index is 12.0. The molecule has 2 aromatic rings. The lowest BCUT2D eigenvalue weighted by molar-refractivity contribution is 0.250. The van der Waals surface area contributed by atoms with Gasteiger partial charge in [-0.3, -0.25) is 0 Å². The van der Waals surface area contributed by atoms with Crippen molar-refractivity contribution in [2.45, 2.75) is 25.9 Å². The van der Waals surface area contributed by atoms with Crippen LogP contribution in [-0.4, -0.2) is 31.1 Å². The Morgan fingerprint density at radius 1 is 1.16 bits per heavy atom. The second-order valence-corrected chi connectivity index (χ2v) is 6.37. The van der Waals surface area contributed by atoms with Gasteiger partial charge in [-0.25, -0.2) is 4.79 Å². The molecule has 0 aliphatic carbocycles. The van der Waals surface area contributed by atoms with Gasteiger partial charge < -0.3 is 21.3 Å². The first-order valence-corrected chi connectivity index (χ1v) is 8.67. The topological polar surface area (TPSA) is 70.4 Å². The van der Waals surface area contributed by atoms with Crippen LogP contribution in [0.2, 0.25) is 0 Å². The quantitative estimate of drug-likeness (QED) is 0.645. The summed E-state index contributed by atoms with van der Waals surface area (Å²) in [5, 5.41) is 5.74. The third-order valence-electron chi connectivity index (χ3n) is 3.97. The molecule has 2 aromatic carbocycles. The van der Waals surface area contributed by atoms with Gasteiger partial charge >= 0.3 is 6.03 Å². The Bertz CT molecular complexity index is 658. The van der Waals surface area contributed by atoms with Crippen LogP contribution in [0.15, 0.2) is 54.6 Å². The van der Waals surface area contributed by atoms with E-state index in [1.165, 1.54) is 5.56 Å². The Hall–Kier alpha value is -2.37. The summed E-state index contributed by atoms with van der Waals surface area (Å²) < 4.78 is 0. The number of rotatable bonds is 8. The first-order chi connectivity index (χ1) is 12.0. The van der Waals surface area contributed by atoms with Crippen LogP contribution in [0.25, 0.3) is 0 Å². The molecule has 0 saturated carbocycles. The van der Waals surface area contributed by atoms with Gasteiger partial charge in [-0.1, -0.05) is 42.5 Å². The third-order valence-corrected chi connectivity index (χ3v) is 3.97. The second kappa shape index (κ2) is 9.81. The van der Waals surface area contributed by atoms with E-state index in [0.29, 0.717) is 6.54 Å². The maximum atomic E-state index is 12.0. The van der Waals surface area contributed by atoms with Gasteiger partial charge in [0.15, 0.2) is 0 Å². The van der Waals surface area contributed by atoms with Crippen molar-refractivity contribution in [1.82, 2.24) is 10.2 Å². The van der Waals surface area contributed by atoms with Crippen LogP contribution in [0.3, 0.4) is 0 Å². The minimum Gasteiger partial charge on any atom is -0.338 e. The fourth-order valence-corrected chi connectivity index (χ4v) is 2.60. The molecule has 0 radical (unpaired) electrons. The number of carbonyl (C=O) groups is 1. The lowest BCUT2D eigenvalue weighted by atomic mass is 10.1. The van der Waals surface area contributed by atoms with Gasteiger partial charge in [-0.15, -0.1) is 0 Å². The monoisotopic (exact) mass is 340 g/mol. The van der Waals surface area contributed by atoms with Gasteiger partial charge in [-0.2, -0.15) is 0 Å². The molecule has 134 valence electrons. The molecule has 0 saturated heterocycles. The molecule has 0 aliphatic rings. The normalized spacial score (nSPS) is 12.0. The number of nitrogens with zero attached hydrogens (tertiary/aromatic N) is 1. The summed E-state index contributed by atoms with van der Waals surface area (Å²) >= 11 is 0. The van der Waals surface area contributed by atoms with E-state index in [2.05, 4.69) is 46.8 Å². The number of urea groups is 1. The van der Waals surface area contributed by atoms with Crippen molar-refractivity contribution in [3.63, 3.8) is 0 Å². The first-order valence-electron chi connectivity index (χ1n) is 8.67. The highest BCUT2D eigenvalue weighted by molar-refractivity contribution is 5.89. The number of nitrogens with two attached hydrogens (primary N) is 1. The molecule has 25 heavy (non-hydrogen) atoms. The number of hydrogen-bond donors (Lipinski definition) is 3. The van der Waals surface area contributed by atoms with Crippen LogP contribution in [-0.2, 0) is 6.54 Å². The predicted octanol–water partition coefficient (Wildman–Crippen LogP) is 3.35. The highest BCUT2D eigenvalue weighted by atomic mass is 16.2. The molecule has 2 amide bonds. The number of hydrogen-bond acceptors (Lipinski definition) is 3. The maximum Gasteiger partial charge on any atom is 0.319 e. The fourth-order valence-electron chi connectivity index (χ4n) is 2.60. The van der Waals surface area contributed by atoms with Crippen molar-refractivity contribution in [2.24, 2.45) is 5.73 Å². The van der Waals surface area contributed by atoms with E-state index in [1.807, 2.05) is 37.3 Å². The lowest BCUT2D eigenvalue weighted by Gasteiger charge is -2.17. The van der Waals surface area contributed by atoms with E-state index >= 15 is 0 Å². The van der Waals surface area contributed by atoms with Gasteiger partial charge in [0, 0.05) is 24.8 Å². The zero-order chi connectivity index (χ0) is 18.1. The molecule has 1 unspecified atom stereocenters. The van der Waals surface area contributed by atoms with Crippen molar-refractivity contribution in [3.8, 4) is 0 Å². The molecule has 4 N–H and O–H groups in total. The van der Waals surface area contributed by atoms with Gasteiger partial charge in [0.05, 0.1) is 0 Å². The van der Waals surface area contributed by atoms with Crippen LogP contribution in [0.1, 0.15) is 30.5 Å². The molecule has 5 heteroatoms. The van der Waals surface area contributed by atoms with Crippen LogP contribution in [0, 0.1) is 0 Å². The van der Waals surface area contributed by atoms with Crippen molar-refractivity contribution in [2.75, 3.05) is 25.5 Å².